The van der Waals surface area contributed by atoms with Gasteiger partial charge in [0, 0.05) is 30.2 Å². The molecule has 2 heterocycles. The number of likely N-dealkylation sites (N-methyl/N-ethyl adjacent to an activating group) is 1. The van der Waals surface area contributed by atoms with Gasteiger partial charge in [-0.25, -0.2) is 4.98 Å². The number of nitrogens with zero attached hydrogens (tertiary/aromatic N) is 3. The first-order chi connectivity index (χ1) is 7.90. The normalized spacial score (nSPS) is 12.6. The molecular weight excluding hydrogens is 220 g/mol. The van der Waals surface area contributed by atoms with E-state index in [-0.39, 0.29) is 6.04 Å². The lowest BCUT2D eigenvalue weighted by molar-refractivity contribution is 0.545. The molecule has 0 aliphatic rings. The molecular formula is C11H14N4S. The van der Waals surface area contributed by atoms with Crippen LogP contribution in [0.4, 0.5) is 0 Å². The molecule has 2 aromatic rings. The third-order valence-electron chi connectivity index (χ3n) is 2.32. The first-order valence-electron chi connectivity index (χ1n) is 5.28. The van der Waals surface area contributed by atoms with Crippen LogP contribution in [-0.2, 0) is 6.42 Å². The SMILES string of the molecule is CCNC(Cc1nccs1)c1ccnnc1. The lowest BCUT2D eigenvalue weighted by Crippen LogP contribution is -2.23. The van der Waals surface area contributed by atoms with Crippen LogP contribution in [0.5, 0.6) is 0 Å². The van der Waals surface area contributed by atoms with E-state index in [9.17, 15) is 0 Å². The van der Waals surface area contributed by atoms with Gasteiger partial charge in [-0.05, 0) is 18.2 Å². The summed E-state index contributed by atoms with van der Waals surface area (Å²) in [5.74, 6) is 0. The highest BCUT2D eigenvalue weighted by Gasteiger charge is 2.12. The Labute approximate surface area is 98.8 Å². The molecule has 1 atom stereocenters. The quantitative estimate of drug-likeness (QED) is 0.857. The molecule has 0 saturated heterocycles. The maximum atomic E-state index is 4.31. The summed E-state index contributed by atoms with van der Waals surface area (Å²) in [5.41, 5.74) is 1.16. The number of aromatic nitrogens is 3. The predicted molar refractivity (Wildman–Crippen MR) is 64.3 cm³/mol. The topological polar surface area (TPSA) is 50.7 Å². The van der Waals surface area contributed by atoms with Crippen molar-refractivity contribution in [2.45, 2.75) is 19.4 Å². The Kier molecular flexibility index (Phi) is 3.96. The van der Waals surface area contributed by atoms with Gasteiger partial charge in [0.15, 0.2) is 0 Å². The van der Waals surface area contributed by atoms with Crippen molar-refractivity contribution >= 4 is 11.3 Å². The van der Waals surface area contributed by atoms with Crippen molar-refractivity contribution in [3.8, 4) is 0 Å². The molecule has 0 aliphatic heterocycles. The Morgan fingerprint density at radius 3 is 2.94 bits per heavy atom. The summed E-state index contributed by atoms with van der Waals surface area (Å²) >= 11 is 1.68. The largest absolute Gasteiger partial charge is 0.310 e. The van der Waals surface area contributed by atoms with Crippen LogP contribution in [0.1, 0.15) is 23.5 Å². The fraction of sp³-hybridized carbons (Fsp3) is 0.364. The van der Waals surface area contributed by atoms with Crippen LogP contribution in [-0.4, -0.2) is 21.7 Å². The second-order valence-electron chi connectivity index (χ2n) is 3.42. The second-order valence-corrected chi connectivity index (χ2v) is 4.40. The van der Waals surface area contributed by atoms with Crippen molar-refractivity contribution in [1.29, 1.82) is 0 Å². The maximum absolute atomic E-state index is 4.31. The maximum Gasteiger partial charge on any atom is 0.0943 e. The molecule has 1 unspecified atom stereocenters. The first kappa shape index (κ1) is 11.2. The molecule has 0 saturated carbocycles. The van der Waals surface area contributed by atoms with Crippen molar-refractivity contribution in [2.24, 2.45) is 0 Å². The van der Waals surface area contributed by atoms with Gasteiger partial charge in [-0.2, -0.15) is 10.2 Å². The molecule has 4 nitrogen and oxygen atoms in total. The number of rotatable bonds is 5. The Hall–Kier alpha value is -1.33. The highest BCUT2D eigenvalue weighted by molar-refractivity contribution is 7.09. The van der Waals surface area contributed by atoms with Gasteiger partial charge in [0.25, 0.3) is 0 Å². The smallest absolute Gasteiger partial charge is 0.0943 e. The van der Waals surface area contributed by atoms with E-state index in [0.717, 1.165) is 23.5 Å². The number of hydrogen-bond donors (Lipinski definition) is 1. The van der Waals surface area contributed by atoms with Crippen LogP contribution < -0.4 is 5.32 Å². The molecule has 0 radical (unpaired) electrons. The summed E-state index contributed by atoms with van der Waals surface area (Å²) in [5, 5.41) is 14.3. The summed E-state index contributed by atoms with van der Waals surface area (Å²) < 4.78 is 0. The average molecular weight is 234 g/mol. The van der Waals surface area contributed by atoms with Gasteiger partial charge >= 0.3 is 0 Å². The summed E-state index contributed by atoms with van der Waals surface area (Å²) in [6.07, 6.45) is 6.27. The minimum Gasteiger partial charge on any atom is -0.310 e. The van der Waals surface area contributed by atoms with Gasteiger partial charge in [0.05, 0.1) is 11.2 Å². The number of nitrogens with one attached hydrogen (secondary N) is 1. The molecule has 0 amide bonds. The monoisotopic (exact) mass is 234 g/mol. The molecule has 84 valence electrons. The van der Waals surface area contributed by atoms with Crippen LogP contribution in [0, 0.1) is 0 Å². The Morgan fingerprint density at radius 2 is 2.31 bits per heavy atom. The molecule has 0 aromatic carbocycles. The van der Waals surface area contributed by atoms with Gasteiger partial charge in [-0.15, -0.1) is 11.3 Å². The Balaban J connectivity index is 2.11. The van der Waals surface area contributed by atoms with Crippen molar-refractivity contribution < 1.29 is 0 Å². The van der Waals surface area contributed by atoms with Crippen molar-refractivity contribution in [2.75, 3.05) is 6.54 Å². The summed E-state index contributed by atoms with van der Waals surface area (Å²) in [7, 11) is 0. The van der Waals surface area contributed by atoms with E-state index < -0.39 is 0 Å². The summed E-state index contributed by atoms with van der Waals surface area (Å²) in [6, 6.07) is 2.26. The summed E-state index contributed by atoms with van der Waals surface area (Å²) in [4.78, 5) is 4.31. The van der Waals surface area contributed by atoms with Crippen molar-refractivity contribution in [1.82, 2.24) is 20.5 Å². The minimum atomic E-state index is 0.270. The fourth-order valence-electron chi connectivity index (χ4n) is 1.59. The fourth-order valence-corrected chi connectivity index (χ4v) is 2.25. The number of hydrogen-bond acceptors (Lipinski definition) is 5. The van der Waals surface area contributed by atoms with E-state index in [1.165, 1.54) is 0 Å². The Morgan fingerprint density at radius 1 is 1.38 bits per heavy atom. The molecule has 2 aromatic heterocycles. The highest BCUT2D eigenvalue weighted by atomic mass is 32.1. The molecule has 0 fully saturated rings. The van der Waals surface area contributed by atoms with Crippen molar-refractivity contribution in [3.63, 3.8) is 0 Å². The van der Waals surface area contributed by atoms with Gasteiger partial charge in [0.2, 0.25) is 0 Å². The van der Waals surface area contributed by atoms with Gasteiger partial charge < -0.3 is 5.32 Å². The lowest BCUT2D eigenvalue weighted by atomic mass is 10.1. The molecule has 0 aliphatic carbocycles. The molecule has 16 heavy (non-hydrogen) atoms. The Bertz CT molecular complexity index is 401. The van der Waals surface area contributed by atoms with E-state index in [4.69, 9.17) is 0 Å². The zero-order valence-corrected chi connectivity index (χ0v) is 9.94. The van der Waals surface area contributed by atoms with Crippen molar-refractivity contribution in [3.05, 3.63) is 40.6 Å². The van der Waals surface area contributed by atoms with Crippen LogP contribution in [0.15, 0.2) is 30.0 Å². The van der Waals surface area contributed by atoms with Gasteiger partial charge in [0.1, 0.15) is 0 Å². The van der Waals surface area contributed by atoms with Crippen LogP contribution in [0.3, 0.4) is 0 Å². The van der Waals surface area contributed by atoms with Crippen LogP contribution >= 0.6 is 11.3 Å². The molecule has 1 N–H and O–H groups in total. The number of thiazole rings is 1. The lowest BCUT2D eigenvalue weighted by Gasteiger charge is -2.16. The third kappa shape index (κ3) is 2.84. The molecule has 0 bridgehead atoms. The van der Waals surface area contributed by atoms with Gasteiger partial charge in [-0.1, -0.05) is 6.92 Å². The van der Waals surface area contributed by atoms with E-state index in [1.54, 1.807) is 23.7 Å². The first-order valence-corrected chi connectivity index (χ1v) is 6.16. The standard InChI is InChI=1S/C11H14N4S/c1-2-12-10(7-11-13-5-6-16-11)9-3-4-14-15-8-9/h3-6,8,10,12H,2,7H2,1H3. The summed E-state index contributed by atoms with van der Waals surface area (Å²) in [6.45, 7) is 3.03. The average Bonchev–Trinajstić information content (AvgIpc) is 2.83. The third-order valence-corrected chi connectivity index (χ3v) is 3.12. The van der Waals surface area contributed by atoms with E-state index in [0.29, 0.717) is 0 Å². The zero-order valence-electron chi connectivity index (χ0n) is 9.13. The zero-order chi connectivity index (χ0) is 11.2. The highest BCUT2D eigenvalue weighted by Crippen LogP contribution is 2.18. The molecule has 2 rings (SSSR count). The van der Waals surface area contributed by atoms with E-state index >= 15 is 0 Å². The van der Waals surface area contributed by atoms with E-state index in [2.05, 4.69) is 27.4 Å². The molecule has 0 spiro atoms. The second kappa shape index (κ2) is 5.67. The van der Waals surface area contributed by atoms with Crippen LogP contribution in [0.2, 0.25) is 0 Å². The minimum absolute atomic E-state index is 0.270. The predicted octanol–water partition coefficient (Wildman–Crippen LogP) is 1.83. The van der Waals surface area contributed by atoms with Gasteiger partial charge in [-0.3, -0.25) is 0 Å². The molecule has 5 heteroatoms. The van der Waals surface area contributed by atoms with E-state index in [1.807, 2.05) is 17.6 Å². The van der Waals surface area contributed by atoms with Crippen LogP contribution in [0.25, 0.3) is 0 Å².